The molecule has 0 saturated carbocycles. The SMILES string of the molecule is CCCCN(CCCC)[B-](F)(F)F. The summed E-state index contributed by atoms with van der Waals surface area (Å²) in [7, 11) is -4.77. The van der Waals surface area contributed by atoms with Gasteiger partial charge in [0.05, 0.1) is 0 Å². The average molecular weight is 196 g/mol. The number of halogens is 3. The van der Waals surface area contributed by atoms with Gasteiger partial charge < -0.3 is 17.8 Å². The van der Waals surface area contributed by atoms with E-state index in [2.05, 4.69) is 0 Å². The number of hydrogen-bond donors (Lipinski definition) is 0. The maximum absolute atomic E-state index is 12.4. The lowest BCUT2D eigenvalue weighted by molar-refractivity contribution is 0.267. The number of nitrogens with zero attached hydrogens (tertiary/aromatic N) is 1. The second-order valence-corrected chi connectivity index (χ2v) is 3.28. The van der Waals surface area contributed by atoms with E-state index in [4.69, 9.17) is 0 Å². The molecule has 0 aliphatic rings. The molecule has 0 aliphatic heterocycles. The van der Waals surface area contributed by atoms with E-state index in [0.29, 0.717) is 17.7 Å². The van der Waals surface area contributed by atoms with Crippen LogP contribution in [0.15, 0.2) is 0 Å². The Morgan fingerprint density at radius 2 is 1.31 bits per heavy atom. The Hall–Kier alpha value is -0.185. The molecule has 0 aromatic carbocycles. The normalized spacial score (nSPS) is 12.5. The summed E-state index contributed by atoms with van der Waals surface area (Å²) in [6, 6.07) is 0. The third-order valence-electron chi connectivity index (χ3n) is 2.01. The Labute approximate surface area is 78.4 Å². The minimum atomic E-state index is -4.77. The molecule has 0 heterocycles. The maximum Gasteiger partial charge on any atom is 0.567 e. The molecule has 0 spiro atoms. The van der Waals surface area contributed by atoms with E-state index in [9.17, 15) is 12.9 Å². The summed E-state index contributed by atoms with van der Waals surface area (Å²) in [6.45, 7) is 4.14. The summed E-state index contributed by atoms with van der Waals surface area (Å²) in [5.41, 5.74) is 0. The van der Waals surface area contributed by atoms with Crippen LogP contribution in [0.3, 0.4) is 0 Å². The van der Waals surface area contributed by atoms with Gasteiger partial charge in [0, 0.05) is 0 Å². The fraction of sp³-hybridized carbons (Fsp3) is 1.00. The van der Waals surface area contributed by atoms with Crippen molar-refractivity contribution in [3.05, 3.63) is 0 Å². The van der Waals surface area contributed by atoms with Gasteiger partial charge in [-0.05, 0) is 25.9 Å². The van der Waals surface area contributed by atoms with Crippen LogP contribution in [0.4, 0.5) is 12.9 Å². The van der Waals surface area contributed by atoms with Crippen molar-refractivity contribution in [2.24, 2.45) is 0 Å². The average Bonchev–Trinajstić information content (AvgIpc) is 2.02. The van der Waals surface area contributed by atoms with Crippen molar-refractivity contribution >= 4 is 7.11 Å². The predicted molar refractivity (Wildman–Crippen MR) is 50.5 cm³/mol. The summed E-state index contributed by atoms with van der Waals surface area (Å²) in [5.74, 6) is 0. The smallest absolute Gasteiger partial charge is 0.434 e. The van der Waals surface area contributed by atoms with E-state index < -0.39 is 7.11 Å². The van der Waals surface area contributed by atoms with Crippen molar-refractivity contribution in [3.63, 3.8) is 0 Å². The van der Waals surface area contributed by atoms with Gasteiger partial charge in [0.15, 0.2) is 0 Å². The molecule has 0 radical (unpaired) electrons. The number of rotatable bonds is 7. The Morgan fingerprint density at radius 1 is 0.923 bits per heavy atom. The van der Waals surface area contributed by atoms with Crippen molar-refractivity contribution in [1.82, 2.24) is 4.81 Å². The van der Waals surface area contributed by atoms with Gasteiger partial charge in [0.25, 0.3) is 0 Å². The lowest BCUT2D eigenvalue weighted by atomic mass is 10.0. The maximum atomic E-state index is 12.4. The molecule has 1 nitrogen and oxygen atoms in total. The molecule has 80 valence electrons. The van der Waals surface area contributed by atoms with Crippen LogP contribution in [0.2, 0.25) is 0 Å². The van der Waals surface area contributed by atoms with Gasteiger partial charge in [-0.3, -0.25) is 0 Å². The van der Waals surface area contributed by atoms with Crippen LogP contribution in [0, 0.1) is 0 Å². The Bertz CT molecular complexity index is 119. The predicted octanol–water partition coefficient (Wildman–Crippen LogP) is 3.23. The van der Waals surface area contributed by atoms with Crippen molar-refractivity contribution in [2.45, 2.75) is 39.5 Å². The first-order valence-electron chi connectivity index (χ1n) is 4.96. The van der Waals surface area contributed by atoms with Crippen molar-refractivity contribution in [3.8, 4) is 0 Å². The molecule has 13 heavy (non-hydrogen) atoms. The quantitative estimate of drug-likeness (QED) is 0.565. The van der Waals surface area contributed by atoms with E-state index in [0.717, 1.165) is 12.8 Å². The van der Waals surface area contributed by atoms with Crippen LogP contribution in [0.5, 0.6) is 0 Å². The highest BCUT2D eigenvalue weighted by Gasteiger charge is 2.31. The van der Waals surface area contributed by atoms with E-state index in [1.807, 2.05) is 13.8 Å². The second kappa shape index (κ2) is 6.30. The summed E-state index contributed by atoms with van der Waals surface area (Å²) in [5, 5.41) is 0. The first kappa shape index (κ1) is 12.8. The minimum Gasteiger partial charge on any atom is -0.434 e. The van der Waals surface area contributed by atoms with Gasteiger partial charge in [-0.15, -0.1) is 0 Å². The van der Waals surface area contributed by atoms with Crippen LogP contribution < -0.4 is 0 Å². The van der Waals surface area contributed by atoms with Crippen molar-refractivity contribution < 1.29 is 12.9 Å². The van der Waals surface area contributed by atoms with Crippen molar-refractivity contribution in [1.29, 1.82) is 0 Å². The summed E-state index contributed by atoms with van der Waals surface area (Å²) >= 11 is 0. The van der Waals surface area contributed by atoms with Crippen LogP contribution >= 0.6 is 0 Å². The highest BCUT2D eigenvalue weighted by molar-refractivity contribution is 6.55. The zero-order chi connectivity index (χ0) is 10.3. The molecule has 0 fully saturated rings. The van der Waals surface area contributed by atoms with Gasteiger partial charge in [0.1, 0.15) is 0 Å². The molecule has 0 N–H and O–H groups in total. The van der Waals surface area contributed by atoms with Crippen LogP contribution in [0.25, 0.3) is 0 Å². The monoisotopic (exact) mass is 196 g/mol. The highest BCUT2D eigenvalue weighted by Crippen LogP contribution is 2.16. The molecule has 0 aliphatic carbocycles. The molecule has 0 saturated heterocycles. The first-order valence-corrected chi connectivity index (χ1v) is 4.96. The lowest BCUT2D eigenvalue weighted by Crippen LogP contribution is -2.44. The van der Waals surface area contributed by atoms with Crippen LogP contribution in [-0.4, -0.2) is 25.0 Å². The number of unbranched alkanes of at least 4 members (excludes halogenated alkanes) is 2. The van der Waals surface area contributed by atoms with E-state index in [1.54, 1.807) is 0 Å². The zero-order valence-electron chi connectivity index (χ0n) is 8.40. The molecule has 0 aromatic heterocycles. The van der Waals surface area contributed by atoms with Gasteiger partial charge >= 0.3 is 7.11 Å². The van der Waals surface area contributed by atoms with Crippen molar-refractivity contribution in [2.75, 3.05) is 13.1 Å². The summed E-state index contributed by atoms with van der Waals surface area (Å²) in [6.07, 6.45) is 2.89. The zero-order valence-corrected chi connectivity index (χ0v) is 8.40. The standard InChI is InChI=1S/C8H18BF3N/c1-3-5-7-13(8-6-4-2)9(10,11)12/h3-8H2,1-2H3/q-1. The molecular formula is C8H18BF3N-. The van der Waals surface area contributed by atoms with Gasteiger partial charge in [-0.2, -0.15) is 0 Å². The molecule has 0 aromatic rings. The third kappa shape index (κ3) is 5.96. The summed E-state index contributed by atoms with van der Waals surface area (Å²) in [4.78, 5) is 0.674. The van der Waals surface area contributed by atoms with E-state index >= 15 is 0 Å². The fourth-order valence-electron chi connectivity index (χ4n) is 1.13. The Balaban J connectivity index is 3.88. The van der Waals surface area contributed by atoms with E-state index in [1.165, 1.54) is 0 Å². The molecule has 0 amide bonds. The van der Waals surface area contributed by atoms with Crippen LogP contribution in [-0.2, 0) is 0 Å². The highest BCUT2D eigenvalue weighted by atomic mass is 19.4. The second-order valence-electron chi connectivity index (χ2n) is 3.28. The molecule has 0 atom stereocenters. The summed E-state index contributed by atoms with van der Waals surface area (Å²) < 4.78 is 37.1. The molecule has 0 rings (SSSR count). The van der Waals surface area contributed by atoms with Gasteiger partial charge in [-0.1, -0.05) is 26.7 Å². The largest absolute Gasteiger partial charge is 0.567 e. The lowest BCUT2D eigenvalue weighted by Gasteiger charge is -2.32. The fourth-order valence-corrected chi connectivity index (χ4v) is 1.13. The Morgan fingerprint density at radius 3 is 1.54 bits per heavy atom. The minimum absolute atomic E-state index is 0.167. The first-order chi connectivity index (χ1) is 6.02. The van der Waals surface area contributed by atoms with Gasteiger partial charge in [0.2, 0.25) is 0 Å². The third-order valence-corrected chi connectivity index (χ3v) is 2.01. The molecule has 5 heteroatoms. The number of hydrogen-bond acceptors (Lipinski definition) is 1. The Kier molecular flexibility index (Phi) is 6.21. The molecular weight excluding hydrogens is 178 g/mol. The molecule has 0 bridgehead atoms. The topological polar surface area (TPSA) is 3.24 Å². The molecule has 0 unspecified atom stereocenters. The van der Waals surface area contributed by atoms with E-state index in [-0.39, 0.29) is 13.1 Å². The van der Waals surface area contributed by atoms with Crippen LogP contribution in [0.1, 0.15) is 39.5 Å². The van der Waals surface area contributed by atoms with Gasteiger partial charge in [-0.25, -0.2) is 0 Å².